The van der Waals surface area contributed by atoms with E-state index in [2.05, 4.69) is 15.9 Å². The van der Waals surface area contributed by atoms with Crippen molar-refractivity contribution in [3.05, 3.63) is 54.6 Å². The van der Waals surface area contributed by atoms with Crippen LogP contribution in [0.15, 0.2) is 22.0 Å². The monoisotopic (exact) mass is 350 g/mol. The fourth-order valence-corrected chi connectivity index (χ4v) is 3.13. The zero-order valence-electron chi connectivity index (χ0n) is 9.06. The van der Waals surface area contributed by atoms with Crippen molar-refractivity contribution in [2.45, 2.75) is 6.92 Å². The van der Waals surface area contributed by atoms with Gasteiger partial charge < -0.3 is 0 Å². The molecular weight excluding hydrogens is 346 g/mol. The summed E-state index contributed by atoms with van der Waals surface area (Å²) in [7, 11) is 0. The summed E-state index contributed by atoms with van der Waals surface area (Å²) >= 11 is 10.3. The number of hydrogen-bond donors (Lipinski definition) is 0. The minimum Gasteiger partial charge on any atom is -0.288 e. The number of thiophene rings is 1. The standard InChI is InChI=1S/C12H6BrClF2OS/c1-5-2-10(18-12(5)13)11(17)6-3-8(15)9(16)4-7(6)14/h2-4H,1H3. The number of ketones is 1. The Morgan fingerprint density at radius 1 is 1.28 bits per heavy atom. The predicted octanol–water partition coefficient (Wildman–Crippen LogP) is 4.98. The van der Waals surface area contributed by atoms with Crippen LogP contribution >= 0.6 is 38.9 Å². The van der Waals surface area contributed by atoms with E-state index in [1.165, 1.54) is 11.3 Å². The van der Waals surface area contributed by atoms with E-state index in [-0.39, 0.29) is 10.6 Å². The summed E-state index contributed by atoms with van der Waals surface area (Å²) in [5, 5.41) is -0.0962. The highest BCUT2D eigenvalue weighted by Gasteiger charge is 2.19. The lowest BCUT2D eigenvalue weighted by Gasteiger charge is -2.02. The van der Waals surface area contributed by atoms with Gasteiger partial charge in [0.15, 0.2) is 11.6 Å². The molecule has 0 aliphatic carbocycles. The molecule has 94 valence electrons. The minimum atomic E-state index is -1.09. The topological polar surface area (TPSA) is 17.1 Å². The Labute approximate surface area is 120 Å². The quantitative estimate of drug-likeness (QED) is 0.551. The molecule has 1 nitrogen and oxygen atoms in total. The second kappa shape index (κ2) is 5.07. The molecule has 1 heterocycles. The van der Waals surface area contributed by atoms with E-state index in [0.29, 0.717) is 4.88 Å². The zero-order chi connectivity index (χ0) is 13.4. The van der Waals surface area contributed by atoms with Gasteiger partial charge >= 0.3 is 0 Å². The van der Waals surface area contributed by atoms with Crippen molar-refractivity contribution in [1.29, 1.82) is 0 Å². The molecule has 0 spiro atoms. The van der Waals surface area contributed by atoms with Gasteiger partial charge in [0.2, 0.25) is 5.78 Å². The average molecular weight is 352 g/mol. The molecule has 0 bridgehead atoms. The van der Waals surface area contributed by atoms with E-state index in [1.807, 2.05) is 6.92 Å². The summed E-state index contributed by atoms with van der Waals surface area (Å²) in [5.41, 5.74) is 0.867. The van der Waals surface area contributed by atoms with Crippen LogP contribution < -0.4 is 0 Å². The van der Waals surface area contributed by atoms with Crippen molar-refractivity contribution in [2.24, 2.45) is 0 Å². The Kier molecular flexibility index (Phi) is 3.84. The van der Waals surface area contributed by atoms with Gasteiger partial charge in [0.25, 0.3) is 0 Å². The van der Waals surface area contributed by atoms with Gasteiger partial charge in [0.05, 0.1) is 13.7 Å². The highest BCUT2D eigenvalue weighted by Crippen LogP contribution is 2.31. The molecule has 1 aromatic heterocycles. The zero-order valence-corrected chi connectivity index (χ0v) is 12.2. The van der Waals surface area contributed by atoms with E-state index in [4.69, 9.17) is 11.6 Å². The Bertz CT molecular complexity index is 620. The Hall–Kier alpha value is -0.780. The molecule has 18 heavy (non-hydrogen) atoms. The van der Waals surface area contributed by atoms with E-state index < -0.39 is 17.4 Å². The van der Waals surface area contributed by atoms with Crippen molar-refractivity contribution in [1.82, 2.24) is 0 Å². The molecule has 0 saturated heterocycles. The first-order valence-electron chi connectivity index (χ1n) is 4.85. The predicted molar refractivity (Wildman–Crippen MR) is 71.6 cm³/mol. The minimum absolute atomic E-state index is 0.0377. The second-order valence-electron chi connectivity index (χ2n) is 3.64. The third-order valence-electron chi connectivity index (χ3n) is 2.34. The van der Waals surface area contributed by atoms with Gasteiger partial charge in [-0.2, -0.15) is 0 Å². The molecule has 0 radical (unpaired) electrons. The van der Waals surface area contributed by atoms with Gasteiger partial charge in [-0.1, -0.05) is 11.6 Å². The first kappa shape index (κ1) is 13.6. The number of carbonyl (C=O) groups is 1. The van der Waals surface area contributed by atoms with Crippen molar-refractivity contribution in [2.75, 3.05) is 0 Å². The number of halogens is 4. The van der Waals surface area contributed by atoms with Gasteiger partial charge in [0.1, 0.15) is 0 Å². The number of aryl methyl sites for hydroxylation is 1. The molecule has 0 unspecified atom stereocenters. The van der Waals surface area contributed by atoms with Crippen molar-refractivity contribution < 1.29 is 13.6 Å². The largest absolute Gasteiger partial charge is 0.288 e. The fourth-order valence-electron chi connectivity index (χ4n) is 1.40. The molecule has 0 amide bonds. The SMILES string of the molecule is Cc1cc(C(=O)c2cc(F)c(F)cc2Cl)sc1Br. The van der Waals surface area contributed by atoms with Crippen LogP contribution in [0.4, 0.5) is 8.78 Å². The van der Waals surface area contributed by atoms with Crippen LogP contribution in [0.2, 0.25) is 5.02 Å². The summed E-state index contributed by atoms with van der Waals surface area (Å²) in [6.45, 7) is 1.84. The van der Waals surface area contributed by atoms with Gasteiger partial charge in [-0.25, -0.2) is 8.78 Å². The van der Waals surface area contributed by atoms with Gasteiger partial charge in [0, 0.05) is 5.56 Å². The van der Waals surface area contributed by atoms with Gasteiger partial charge in [-0.15, -0.1) is 11.3 Å². The summed E-state index contributed by atoms with van der Waals surface area (Å²) in [6.07, 6.45) is 0. The van der Waals surface area contributed by atoms with Crippen molar-refractivity contribution in [3.63, 3.8) is 0 Å². The maximum absolute atomic E-state index is 13.1. The lowest BCUT2D eigenvalue weighted by atomic mass is 10.1. The highest BCUT2D eigenvalue weighted by molar-refractivity contribution is 9.11. The number of benzene rings is 1. The maximum Gasteiger partial charge on any atom is 0.204 e. The molecule has 0 N–H and O–H groups in total. The molecule has 2 rings (SSSR count). The molecule has 1 aromatic carbocycles. The third-order valence-corrected chi connectivity index (χ3v) is 4.78. The Balaban J connectivity index is 2.49. The van der Waals surface area contributed by atoms with E-state index >= 15 is 0 Å². The molecular formula is C12H6BrClF2OS. The Morgan fingerprint density at radius 2 is 1.89 bits per heavy atom. The van der Waals surface area contributed by atoms with E-state index in [0.717, 1.165) is 21.5 Å². The first-order valence-corrected chi connectivity index (χ1v) is 6.84. The van der Waals surface area contributed by atoms with Crippen LogP contribution in [0.25, 0.3) is 0 Å². The molecule has 0 aliphatic heterocycles. The van der Waals surface area contributed by atoms with Crippen LogP contribution in [-0.2, 0) is 0 Å². The number of hydrogen-bond acceptors (Lipinski definition) is 2. The smallest absolute Gasteiger partial charge is 0.204 e. The lowest BCUT2D eigenvalue weighted by Crippen LogP contribution is -2.01. The number of carbonyl (C=O) groups excluding carboxylic acids is 1. The maximum atomic E-state index is 13.1. The van der Waals surface area contributed by atoms with E-state index in [9.17, 15) is 13.6 Å². The lowest BCUT2D eigenvalue weighted by molar-refractivity contribution is 0.104. The van der Waals surface area contributed by atoms with Crippen molar-refractivity contribution in [3.8, 4) is 0 Å². The van der Waals surface area contributed by atoms with Crippen LogP contribution in [-0.4, -0.2) is 5.78 Å². The summed E-state index contributed by atoms with van der Waals surface area (Å²) in [4.78, 5) is 12.5. The number of rotatable bonds is 2. The molecule has 0 atom stereocenters. The summed E-state index contributed by atoms with van der Waals surface area (Å²) < 4.78 is 26.9. The van der Waals surface area contributed by atoms with Crippen LogP contribution in [0, 0.1) is 18.6 Å². The van der Waals surface area contributed by atoms with Crippen LogP contribution in [0.1, 0.15) is 20.8 Å². The molecule has 0 saturated carbocycles. The van der Waals surface area contributed by atoms with Gasteiger partial charge in [-0.3, -0.25) is 4.79 Å². The third kappa shape index (κ3) is 2.48. The molecule has 6 heteroatoms. The second-order valence-corrected chi connectivity index (χ2v) is 6.42. The van der Waals surface area contributed by atoms with Gasteiger partial charge in [-0.05, 0) is 46.6 Å². The summed E-state index contributed by atoms with van der Waals surface area (Å²) in [5.74, 6) is -2.58. The van der Waals surface area contributed by atoms with Crippen LogP contribution in [0.5, 0.6) is 0 Å². The van der Waals surface area contributed by atoms with E-state index in [1.54, 1.807) is 6.07 Å². The van der Waals surface area contributed by atoms with Crippen molar-refractivity contribution >= 4 is 44.7 Å². The first-order chi connectivity index (χ1) is 8.40. The fraction of sp³-hybridized carbons (Fsp3) is 0.0833. The summed E-state index contributed by atoms with van der Waals surface area (Å²) in [6, 6.07) is 3.30. The Morgan fingerprint density at radius 3 is 2.44 bits per heavy atom. The molecule has 2 aromatic rings. The molecule has 0 fully saturated rings. The highest BCUT2D eigenvalue weighted by atomic mass is 79.9. The average Bonchev–Trinajstić information content (AvgIpc) is 2.63. The molecule has 0 aliphatic rings. The normalized spacial score (nSPS) is 10.7. The van der Waals surface area contributed by atoms with Crippen LogP contribution in [0.3, 0.4) is 0 Å².